The first kappa shape index (κ1) is 18.0. The van der Waals surface area contributed by atoms with E-state index in [4.69, 9.17) is 0 Å². The lowest BCUT2D eigenvalue weighted by molar-refractivity contribution is -0.121. The number of carbonyl (C=O) groups is 1. The minimum absolute atomic E-state index is 0.0629. The van der Waals surface area contributed by atoms with Crippen LogP contribution < -0.4 is 5.32 Å². The smallest absolute Gasteiger partial charge is 0.220 e. The lowest BCUT2D eigenvalue weighted by atomic mass is 10.1. The molecule has 0 aliphatic heterocycles. The van der Waals surface area contributed by atoms with Crippen LogP contribution >= 0.6 is 0 Å². The molecule has 4 aromatic rings. The molecule has 0 unspecified atom stereocenters. The first-order chi connectivity index (χ1) is 13.6. The van der Waals surface area contributed by atoms with Gasteiger partial charge in [0.2, 0.25) is 5.91 Å². The van der Waals surface area contributed by atoms with Gasteiger partial charge in [0.1, 0.15) is 0 Å². The second-order valence-electron chi connectivity index (χ2n) is 7.14. The van der Waals surface area contributed by atoms with Gasteiger partial charge in [-0.05, 0) is 55.7 Å². The van der Waals surface area contributed by atoms with E-state index < -0.39 is 0 Å². The van der Waals surface area contributed by atoms with E-state index in [-0.39, 0.29) is 5.91 Å². The highest BCUT2D eigenvalue weighted by Gasteiger charge is 2.07. The Morgan fingerprint density at radius 2 is 1.89 bits per heavy atom. The Hall–Kier alpha value is -3.34. The van der Waals surface area contributed by atoms with Crippen LogP contribution in [0, 0.1) is 13.8 Å². The van der Waals surface area contributed by atoms with Crippen LogP contribution in [0.4, 0.5) is 0 Å². The third kappa shape index (κ3) is 3.83. The van der Waals surface area contributed by atoms with Crippen molar-refractivity contribution in [3.63, 3.8) is 0 Å². The maximum absolute atomic E-state index is 12.2. The third-order valence-electron chi connectivity index (χ3n) is 4.98. The standard InChI is InChI=1S/C23H24N4O/c1-16-13-17(2)27(26-16)20-10-7-18(8-11-20)9-12-23(28)25-15-19-14-24-22-6-4-3-5-21(19)22/h3-8,10-11,13-14,24H,9,12,15H2,1-2H3,(H,25,28). The van der Waals surface area contributed by atoms with E-state index in [0.717, 1.165) is 45.5 Å². The molecule has 5 heteroatoms. The molecule has 4 rings (SSSR count). The zero-order valence-electron chi connectivity index (χ0n) is 16.2. The summed E-state index contributed by atoms with van der Waals surface area (Å²) in [6, 6.07) is 18.4. The molecule has 0 bridgehead atoms. The van der Waals surface area contributed by atoms with Gasteiger partial charge in [0, 0.05) is 35.8 Å². The summed E-state index contributed by atoms with van der Waals surface area (Å²) < 4.78 is 1.94. The molecule has 0 spiro atoms. The highest BCUT2D eigenvalue weighted by atomic mass is 16.1. The van der Waals surface area contributed by atoms with Gasteiger partial charge in [-0.3, -0.25) is 4.79 Å². The van der Waals surface area contributed by atoms with Crippen molar-refractivity contribution >= 4 is 16.8 Å². The number of hydrogen-bond donors (Lipinski definition) is 2. The van der Waals surface area contributed by atoms with Gasteiger partial charge in [0.15, 0.2) is 0 Å². The number of para-hydroxylation sites is 1. The van der Waals surface area contributed by atoms with Gasteiger partial charge in [-0.15, -0.1) is 0 Å². The molecule has 2 aromatic carbocycles. The Bertz CT molecular complexity index is 1110. The van der Waals surface area contributed by atoms with Crippen LogP contribution in [0.3, 0.4) is 0 Å². The largest absolute Gasteiger partial charge is 0.361 e. The number of benzene rings is 2. The number of amides is 1. The number of H-pyrrole nitrogens is 1. The summed E-state index contributed by atoms with van der Waals surface area (Å²) in [4.78, 5) is 15.5. The zero-order chi connectivity index (χ0) is 19.5. The predicted molar refractivity (Wildman–Crippen MR) is 112 cm³/mol. The lowest BCUT2D eigenvalue weighted by Gasteiger charge is -2.07. The van der Waals surface area contributed by atoms with Gasteiger partial charge in [-0.2, -0.15) is 5.10 Å². The lowest BCUT2D eigenvalue weighted by Crippen LogP contribution is -2.22. The van der Waals surface area contributed by atoms with Crippen molar-refractivity contribution in [2.24, 2.45) is 0 Å². The summed E-state index contributed by atoms with van der Waals surface area (Å²) in [5, 5.41) is 8.68. The van der Waals surface area contributed by atoms with Gasteiger partial charge in [0.25, 0.3) is 0 Å². The van der Waals surface area contributed by atoms with E-state index in [9.17, 15) is 4.79 Å². The van der Waals surface area contributed by atoms with Gasteiger partial charge in [-0.1, -0.05) is 30.3 Å². The van der Waals surface area contributed by atoms with Crippen LogP contribution in [0.2, 0.25) is 0 Å². The fraction of sp³-hybridized carbons (Fsp3) is 0.217. The van der Waals surface area contributed by atoms with Gasteiger partial charge in [0.05, 0.1) is 11.4 Å². The van der Waals surface area contributed by atoms with E-state index in [1.807, 2.05) is 42.9 Å². The van der Waals surface area contributed by atoms with Crippen molar-refractivity contribution in [2.75, 3.05) is 0 Å². The van der Waals surface area contributed by atoms with E-state index in [2.05, 4.69) is 51.8 Å². The molecule has 0 aliphatic carbocycles. The summed E-state index contributed by atoms with van der Waals surface area (Å²) in [5.74, 6) is 0.0629. The maximum atomic E-state index is 12.2. The van der Waals surface area contributed by atoms with Crippen LogP contribution in [-0.2, 0) is 17.8 Å². The molecule has 5 nitrogen and oxygen atoms in total. The van der Waals surface area contributed by atoms with E-state index in [0.29, 0.717) is 13.0 Å². The number of rotatable bonds is 6. The molecule has 28 heavy (non-hydrogen) atoms. The first-order valence-corrected chi connectivity index (χ1v) is 9.54. The van der Waals surface area contributed by atoms with E-state index in [1.54, 1.807) is 0 Å². The predicted octanol–water partition coefficient (Wildman–Crippen LogP) is 4.22. The number of carbonyl (C=O) groups excluding carboxylic acids is 1. The first-order valence-electron chi connectivity index (χ1n) is 9.54. The highest BCUT2D eigenvalue weighted by Crippen LogP contribution is 2.17. The molecule has 0 saturated heterocycles. The second kappa shape index (κ2) is 7.72. The van der Waals surface area contributed by atoms with Crippen LogP contribution in [0.25, 0.3) is 16.6 Å². The maximum Gasteiger partial charge on any atom is 0.220 e. The van der Waals surface area contributed by atoms with Crippen LogP contribution in [-0.4, -0.2) is 20.7 Å². The summed E-state index contributed by atoms with van der Waals surface area (Å²) in [7, 11) is 0. The van der Waals surface area contributed by atoms with Crippen molar-refractivity contribution in [3.05, 3.63) is 83.3 Å². The molecule has 0 atom stereocenters. The molecule has 0 fully saturated rings. The van der Waals surface area contributed by atoms with Crippen LogP contribution in [0.5, 0.6) is 0 Å². The highest BCUT2D eigenvalue weighted by molar-refractivity contribution is 5.84. The van der Waals surface area contributed by atoms with Crippen molar-refractivity contribution in [1.29, 1.82) is 0 Å². The number of hydrogen-bond acceptors (Lipinski definition) is 2. The van der Waals surface area contributed by atoms with Crippen molar-refractivity contribution in [3.8, 4) is 5.69 Å². The average Bonchev–Trinajstić information content (AvgIpc) is 3.27. The summed E-state index contributed by atoms with van der Waals surface area (Å²) in [6.07, 6.45) is 3.15. The third-order valence-corrected chi connectivity index (χ3v) is 4.98. The average molecular weight is 372 g/mol. The number of aromatic nitrogens is 3. The van der Waals surface area contributed by atoms with Crippen LogP contribution in [0.15, 0.2) is 60.8 Å². The number of fused-ring (bicyclic) bond motifs is 1. The SMILES string of the molecule is Cc1cc(C)n(-c2ccc(CCC(=O)NCc3c[nH]c4ccccc34)cc2)n1. The van der Waals surface area contributed by atoms with Crippen molar-refractivity contribution in [2.45, 2.75) is 33.2 Å². The second-order valence-corrected chi connectivity index (χ2v) is 7.14. The summed E-state index contributed by atoms with van der Waals surface area (Å²) in [6.45, 7) is 4.58. The Balaban J connectivity index is 1.31. The topological polar surface area (TPSA) is 62.7 Å². The minimum atomic E-state index is 0.0629. The number of aromatic amines is 1. The fourth-order valence-electron chi connectivity index (χ4n) is 3.51. The summed E-state index contributed by atoms with van der Waals surface area (Å²) in [5.41, 5.74) is 6.51. The Kier molecular flexibility index (Phi) is 4.98. The molecule has 142 valence electrons. The fourth-order valence-corrected chi connectivity index (χ4v) is 3.51. The Labute approximate surface area is 164 Å². The molecule has 2 N–H and O–H groups in total. The number of nitrogens with zero attached hydrogens (tertiary/aromatic N) is 2. The molecule has 0 saturated carbocycles. The van der Waals surface area contributed by atoms with Crippen LogP contribution in [0.1, 0.15) is 28.9 Å². The van der Waals surface area contributed by atoms with Gasteiger partial charge in [-0.25, -0.2) is 4.68 Å². The Morgan fingerprint density at radius 3 is 2.64 bits per heavy atom. The minimum Gasteiger partial charge on any atom is -0.361 e. The molecular weight excluding hydrogens is 348 g/mol. The molecule has 2 aromatic heterocycles. The van der Waals surface area contributed by atoms with Gasteiger partial charge < -0.3 is 10.3 Å². The normalized spacial score (nSPS) is 11.1. The molecule has 0 radical (unpaired) electrons. The number of aryl methyl sites for hydroxylation is 3. The van der Waals surface area contributed by atoms with Gasteiger partial charge >= 0.3 is 0 Å². The number of nitrogens with one attached hydrogen (secondary N) is 2. The van der Waals surface area contributed by atoms with Crippen molar-refractivity contribution < 1.29 is 4.79 Å². The Morgan fingerprint density at radius 1 is 1.11 bits per heavy atom. The van der Waals surface area contributed by atoms with Crippen molar-refractivity contribution in [1.82, 2.24) is 20.1 Å². The van der Waals surface area contributed by atoms with E-state index >= 15 is 0 Å². The quantitative estimate of drug-likeness (QED) is 0.532. The molecular formula is C23H24N4O. The molecule has 0 aliphatic rings. The summed E-state index contributed by atoms with van der Waals surface area (Å²) >= 11 is 0. The zero-order valence-corrected chi connectivity index (χ0v) is 16.2. The molecule has 1 amide bonds. The molecule has 2 heterocycles. The monoisotopic (exact) mass is 372 g/mol. The van der Waals surface area contributed by atoms with E-state index in [1.165, 1.54) is 0 Å².